The molecule has 3 rings (SSSR count). The Bertz CT molecular complexity index is 713. The van der Waals surface area contributed by atoms with Crippen LogP contribution in [0.3, 0.4) is 0 Å². The van der Waals surface area contributed by atoms with Gasteiger partial charge >= 0.3 is 0 Å². The molecule has 2 aromatic rings. The van der Waals surface area contributed by atoms with Gasteiger partial charge in [0.05, 0.1) is 10.1 Å². The molecule has 1 aliphatic heterocycles. The van der Waals surface area contributed by atoms with Crippen molar-refractivity contribution in [3.05, 3.63) is 62.6 Å². The normalized spacial score (nSPS) is 14.0. The predicted molar refractivity (Wildman–Crippen MR) is 96.1 cm³/mol. The molecule has 114 valence electrons. The third-order valence-corrected chi connectivity index (χ3v) is 5.23. The Morgan fingerprint density at radius 1 is 1.05 bits per heavy atom. The van der Waals surface area contributed by atoms with Gasteiger partial charge < -0.3 is 4.74 Å². The van der Waals surface area contributed by atoms with E-state index in [0.29, 0.717) is 20.8 Å². The molecular formula is C16H12Cl3NOS. The van der Waals surface area contributed by atoms with Crippen LogP contribution in [0.2, 0.25) is 15.1 Å². The van der Waals surface area contributed by atoms with E-state index in [1.165, 1.54) is 0 Å². The molecule has 0 N–H and O–H groups in total. The van der Waals surface area contributed by atoms with Gasteiger partial charge in [0.25, 0.3) is 0 Å². The van der Waals surface area contributed by atoms with Gasteiger partial charge in [-0.05, 0) is 30.3 Å². The van der Waals surface area contributed by atoms with Gasteiger partial charge in [-0.3, -0.25) is 4.99 Å². The van der Waals surface area contributed by atoms with Gasteiger partial charge in [0.15, 0.2) is 0 Å². The molecule has 0 fully saturated rings. The van der Waals surface area contributed by atoms with Crippen molar-refractivity contribution in [2.75, 3.05) is 12.3 Å². The highest BCUT2D eigenvalue weighted by Crippen LogP contribution is 2.31. The van der Waals surface area contributed by atoms with Crippen LogP contribution in [0.15, 0.2) is 41.4 Å². The Hall–Kier alpha value is -0.870. The summed E-state index contributed by atoms with van der Waals surface area (Å²) in [5.41, 5.74) is 1.78. The SMILES string of the molecule is Clc1cc(C2=NCCS2)ccc1OCc1c(Cl)cccc1Cl. The standard InChI is InChI=1S/C16H12Cl3NOS/c17-12-2-1-3-13(18)11(12)9-21-15-5-4-10(8-14(15)19)16-20-6-7-22-16/h1-5,8H,6-7,9H2. The molecule has 22 heavy (non-hydrogen) atoms. The largest absolute Gasteiger partial charge is 0.487 e. The van der Waals surface area contributed by atoms with Gasteiger partial charge in [-0.2, -0.15) is 0 Å². The molecule has 0 aromatic heterocycles. The first-order valence-electron chi connectivity index (χ1n) is 6.68. The van der Waals surface area contributed by atoms with Crippen LogP contribution in [-0.2, 0) is 6.61 Å². The van der Waals surface area contributed by atoms with E-state index < -0.39 is 0 Å². The second-order valence-corrected chi connectivity index (χ2v) is 6.97. The van der Waals surface area contributed by atoms with E-state index in [-0.39, 0.29) is 6.61 Å². The third kappa shape index (κ3) is 3.54. The van der Waals surface area contributed by atoms with Crippen LogP contribution < -0.4 is 4.74 Å². The van der Waals surface area contributed by atoms with Crippen LogP contribution in [-0.4, -0.2) is 17.3 Å². The summed E-state index contributed by atoms with van der Waals surface area (Å²) in [7, 11) is 0. The van der Waals surface area contributed by atoms with Crippen molar-refractivity contribution >= 4 is 51.6 Å². The minimum absolute atomic E-state index is 0.271. The predicted octanol–water partition coefficient (Wildman–Crippen LogP) is 5.72. The molecule has 0 unspecified atom stereocenters. The van der Waals surface area contributed by atoms with Crippen LogP contribution in [0.25, 0.3) is 0 Å². The van der Waals surface area contributed by atoms with Gasteiger partial charge in [0.1, 0.15) is 12.4 Å². The highest BCUT2D eigenvalue weighted by molar-refractivity contribution is 8.14. The second-order valence-electron chi connectivity index (χ2n) is 4.67. The average Bonchev–Trinajstić information content (AvgIpc) is 3.02. The molecule has 0 spiro atoms. The summed E-state index contributed by atoms with van der Waals surface area (Å²) in [5, 5.41) is 2.74. The summed E-state index contributed by atoms with van der Waals surface area (Å²) in [6, 6.07) is 11.1. The summed E-state index contributed by atoms with van der Waals surface area (Å²) in [6.07, 6.45) is 0. The molecule has 0 saturated heterocycles. The van der Waals surface area contributed by atoms with Gasteiger partial charge in [-0.1, -0.05) is 40.9 Å². The zero-order valence-electron chi connectivity index (χ0n) is 11.5. The smallest absolute Gasteiger partial charge is 0.138 e. The van der Waals surface area contributed by atoms with E-state index in [1.807, 2.05) is 18.2 Å². The van der Waals surface area contributed by atoms with Crippen LogP contribution in [0.1, 0.15) is 11.1 Å². The Morgan fingerprint density at radius 2 is 1.82 bits per heavy atom. The molecule has 0 saturated carbocycles. The van der Waals surface area contributed by atoms with Crippen molar-refractivity contribution in [3.8, 4) is 5.75 Å². The third-order valence-electron chi connectivity index (χ3n) is 3.20. The number of thioether (sulfide) groups is 1. The van der Waals surface area contributed by atoms with Crippen molar-refractivity contribution in [2.45, 2.75) is 6.61 Å². The quantitative estimate of drug-likeness (QED) is 0.684. The molecule has 1 heterocycles. The fraction of sp³-hybridized carbons (Fsp3) is 0.188. The topological polar surface area (TPSA) is 21.6 Å². The maximum Gasteiger partial charge on any atom is 0.138 e. The monoisotopic (exact) mass is 371 g/mol. The van der Waals surface area contributed by atoms with E-state index in [4.69, 9.17) is 39.5 Å². The minimum atomic E-state index is 0.271. The number of nitrogens with zero attached hydrogens (tertiary/aromatic N) is 1. The number of hydrogen-bond acceptors (Lipinski definition) is 3. The van der Waals surface area contributed by atoms with E-state index in [1.54, 1.807) is 30.0 Å². The van der Waals surface area contributed by atoms with Crippen LogP contribution >= 0.6 is 46.6 Å². The zero-order chi connectivity index (χ0) is 15.5. The number of hydrogen-bond donors (Lipinski definition) is 0. The molecular weight excluding hydrogens is 361 g/mol. The number of ether oxygens (including phenoxy) is 1. The molecule has 1 aliphatic rings. The lowest BCUT2D eigenvalue weighted by Gasteiger charge is -2.11. The van der Waals surface area contributed by atoms with Crippen LogP contribution in [0.5, 0.6) is 5.75 Å². The highest BCUT2D eigenvalue weighted by Gasteiger charge is 2.13. The lowest BCUT2D eigenvalue weighted by Crippen LogP contribution is -1.99. The van der Waals surface area contributed by atoms with Crippen molar-refractivity contribution < 1.29 is 4.74 Å². The van der Waals surface area contributed by atoms with Crippen LogP contribution in [0.4, 0.5) is 0 Å². The van der Waals surface area contributed by atoms with Crippen molar-refractivity contribution in [1.29, 1.82) is 0 Å². The summed E-state index contributed by atoms with van der Waals surface area (Å²) in [5.74, 6) is 1.63. The number of halogens is 3. The van der Waals surface area contributed by atoms with E-state index in [0.717, 1.165) is 28.5 Å². The molecule has 0 amide bonds. The van der Waals surface area contributed by atoms with Gasteiger partial charge in [0, 0.05) is 33.5 Å². The number of rotatable bonds is 4. The maximum atomic E-state index is 6.30. The summed E-state index contributed by atoms with van der Waals surface area (Å²) in [6.45, 7) is 1.13. The molecule has 0 aliphatic carbocycles. The Labute approximate surface area is 148 Å². The van der Waals surface area contributed by atoms with Crippen molar-refractivity contribution in [1.82, 2.24) is 0 Å². The second kappa shape index (κ2) is 7.14. The van der Waals surface area contributed by atoms with E-state index in [9.17, 15) is 0 Å². The average molecular weight is 373 g/mol. The molecule has 2 aromatic carbocycles. The lowest BCUT2D eigenvalue weighted by atomic mass is 10.2. The van der Waals surface area contributed by atoms with Gasteiger partial charge in [0.2, 0.25) is 0 Å². The lowest BCUT2D eigenvalue weighted by molar-refractivity contribution is 0.306. The van der Waals surface area contributed by atoms with Gasteiger partial charge in [-0.25, -0.2) is 0 Å². The fourth-order valence-electron chi connectivity index (χ4n) is 2.08. The van der Waals surface area contributed by atoms with Crippen molar-refractivity contribution in [2.24, 2.45) is 4.99 Å². The van der Waals surface area contributed by atoms with Gasteiger partial charge in [-0.15, -0.1) is 11.8 Å². The minimum Gasteiger partial charge on any atom is -0.487 e. The van der Waals surface area contributed by atoms with Crippen LogP contribution in [0, 0.1) is 0 Å². The molecule has 2 nitrogen and oxygen atoms in total. The zero-order valence-corrected chi connectivity index (χ0v) is 14.6. The first-order valence-corrected chi connectivity index (χ1v) is 8.80. The number of aliphatic imine (C=N–C) groups is 1. The first kappa shape index (κ1) is 16.0. The highest BCUT2D eigenvalue weighted by atomic mass is 35.5. The van der Waals surface area contributed by atoms with E-state index in [2.05, 4.69) is 4.99 Å². The fourth-order valence-corrected chi connectivity index (χ4v) is 3.67. The summed E-state index contributed by atoms with van der Waals surface area (Å²) < 4.78 is 5.75. The Balaban J connectivity index is 1.76. The summed E-state index contributed by atoms with van der Waals surface area (Å²) in [4.78, 5) is 4.44. The molecule has 6 heteroatoms. The summed E-state index contributed by atoms with van der Waals surface area (Å²) >= 11 is 20.3. The Kier molecular flexibility index (Phi) is 5.19. The molecule has 0 atom stereocenters. The molecule has 0 radical (unpaired) electrons. The maximum absolute atomic E-state index is 6.30. The van der Waals surface area contributed by atoms with E-state index >= 15 is 0 Å². The Morgan fingerprint density at radius 3 is 2.45 bits per heavy atom. The van der Waals surface area contributed by atoms with Crippen molar-refractivity contribution in [3.63, 3.8) is 0 Å². The molecule has 0 bridgehead atoms. The number of benzene rings is 2. The first-order chi connectivity index (χ1) is 10.6.